The van der Waals surface area contributed by atoms with Crippen molar-refractivity contribution in [1.29, 1.82) is 0 Å². The van der Waals surface area contributed by atoms with Crippen LogP contribution >= 0.6 is 0 Å². The summed E-state index contributed by atoms with van der Waals surface area (Å²) in [6.45, 7) is 0. The number of carboxylic acid groups (broad SMARTS) is 2. The van der Waals surface area contributed by atoms with Crippen LogP contribution in [0.5, 0.6) is 0 Å². The van der Waals surface area contributed by atoms with Crippen LogP contribution in [0.3, 0.4) is 0 Å². The molecule has 1 heterocycles. The number of rotatable bonds is 7. The van der Waals surface area contributed by atoms with Crippen LogP contribution in [0.25, 0.3) is 5.69 Å². The number of hydrogen-bond acceptors (Lipinski definition) is 3. The SMILES string of the molecule is O=C(CCc1ccc(-n2cccc2)cc1)NC(C(=O)O)C(=O)O. The maximum atomic E-state index is 11.6. The zero-order valence-corrected chi connectivity index (χ0v) is 12.2. The van der Waals surface area contributed by atoms with Gasteiger partial charge in [0.15, 0.2) is 0 Å². The van der Waals surface area contributed by atoms with Crippen LogP contribution in [0, 0.1) is 0 Å². The van der Waals surface area contributed by atoms with Gasteiger partial charge < -0.3 is 20.1 Å². The lowest BCUT2D eigenvalue weighted by Gasteiger charge is -2.10. The van der Waals surface area contributed by atoms with Crippen LogP contribution in [0.1, 0.15) is 12.0 Å². The Kier molecular flexibility index (Phi) is 5.14. The van der Waals surface area contributed by atoms with E-state index in [0.717, 1.165) is 11.3 Å². The van der Waals surface area contributed by atoms with Gasteiger partial charge in [0.25, 0.3) is 0 Å². The fourth-order valence-corrected chi connectivity index (χ4v) is 2.06. The minimum absolute atomic E-state index is 0.0138. The number of carbonyl (C=O) groups is 3. The molecule has 0 aliphatic heterocycles. The normalized spacial score (nSPS) is 10.5. The van der Waals surface area contributed by atoms with Gasteiger partial charge in [0.05, 0.1) is 0 Å². The summed E-state index contributed by atoms with van der Waals surface area (Å²) in [5, 5.41) is 19.4. The minimum atomic E-state index is -1.92. The second-order valence-corrected chi connectivity index (χ2v) is 4.93. The molecule has 0 unspecified atom stereocenters. The molecule has 0 saturated heterocycles. The smallest absolute Gasteiger partial charge is 0.338 e. The number of carbonyl (C=O) groups excluding carboxylic acids is 1. The van der Waals surface area contributed by atoms with Gasteiger partial charge in [-0.3, -0.25) is 4.79 Å². The summed E-state index contributed by atoms with van der Waals surface area (Å²) in [5.74, 6) is -3.81. The molecule has 1 aromatic heterocycles. The van der Waals surface area contributed by atoms with E-state index in [2.05, 4.69) is 0 Å². The molecule has 7 nitrogen and oxygen atoms in total. The highest BCUT2D eigenvalue weighted by Crippen LogP contribution is 2.11. The summed E-state index contributed by atoms with van der Waals surface area (Å²) >= 11 is 0. The summed E-state index contributed by atoms with van der Waals surface area (Å²) in [5.41, 5.74) is 1.89. The van der Waals surface area contributed by atoms with E-state index >= 15 is 0 Å². The Morgan fingerprint density at radius 1 is 1.00 bits per heavy atom. The van der Waals surface area contributed by atoms with Gasteiger partial charge in [-0.2, -0.15) is 0 Å². The van der Waals surface area contributed by atoms with Crippen LogP contribution in [-0.2, 0) is 20.8 Å². The summed E-state index contributed by atoms with van der Waals surface area (Å²) in [6, 6.07) is 9.47. The molecular formula is C16H16N2O5. The van der Waals surface area contributed by atoms with E-state index in [4.69, 9.17) is 10.2 Å². The molecule has 7 heteroatoms. The van der Waals surface area contributed by atoms with Crippen molar-refractivity contribution < 1.29 is 24.6 Å². The lowest BCUT2D eigenvalue weighted by atomic mass is 10.1. The van der Waals surface area contributed by atoms with E-state index in [9.17, 15) is 14.4 Å². The molecule has 0 saturated carbocycles. The summed E-state index contributed by atoms with van der Waals surface area (Å²) in [4.78, 5) is 33.1. The van der Waals surface area contributed by atoms with Gasteiger partial charge in [-0.1, -0.05) is 12.1 Å². The summed E-state index contributed by atoms with van der Waals surface area (Å²) in [6.07, 6.45) is 4.24. The highest BCUT2D eigenvalue weighted by molar-refractivity contribution is 6.00. The Labute approximate surface area is 132 Å². The van der Waals surface area contributed by atoms with Crippen LogP contribution < -0.4 is 5.32 Å². The number of nitrogens with one attached hydrogen (secondary N) is 1. The lowest BCUT2D eigenvalue weighted by molar-refractivity contribution is -0.153. The molecule has 3 N–H and O–H groups in total. The van der Waals surface area contributed by atoms with E-state index < -0.39 is 23.9 Å². The maximum absolute atomic E-state index is 11.6. The number of benzene rings is 1. The van der Waals surface area contributed by atoms with Crippen molar-refractivity contribution in [2.45, 2.75) is 18.9 Å². The van der Waals surface area contributed by atoms with Crippen molar-refractivity contribution in [2.24, 2.45) is 0 Å². The number of amides is 1. The summed E-state index contributed by atoms with van der Waals surface area (Å²) < 4.78 is 1.95. The fraction of sp³-hybridized carbons (Fsp3) is 0.188. The molecule has 0 fully saturated rings. The van der Waals surface area contributed by atoms with Crippen LogP contribution in [-0.4, -0.2) is 38.7 Å². The van der Waals surface area contributed by atoms with E-state index in [0.29, 0.717) is 6.42 Å². The van der Waals surface area contributed by atoms with Gasteiger partial charge in [-0.25, -0.2) is 9.59 Å². The van der Waals surface area contributed by atoms with Gasteiger partial charge in [0.2, 0.25) is 11.9 Å². The Bertz CT molecular complexity index is 678. The highest BCUT2D eigenvalue weighted by Gasteiger charge is 2.27. The average Bonchev–Trinajstić information content (AvgIpc) is 3.05. The van der Waals surface area contributed by atoms with Gasteiger partial charge in [-0.05, 0) is 36.2 Å². The second kappa shape index (κ2) is 7.26. The molecule has 1 aromatic carbocycles. The highest BCUT2D eigenvalue weighted by atomic mass is 16.4. The molecule has 2 rings (SSSR count). The predicted molar refractivity (Wildman–Crippen MR) is 81.3 cm³/mol. The minimum Gasteiger partial charge on any atom is -0.479 e. The molecule has 0 aliphatic carbocycles. The van der Waals surface area contributed by atoms with Crippen molar-refractivity contribution in [1.82, 2.24) is 9.88 Å². The Balaban J connectivity index is 1.89. The van der Waals surface area contributed by atoms with Gasteiger partial charge >= 0.3 is 11.9 Å². The number of carboxylic acids is 2. The van der Waals surface area contributed by atoms with E-state index in [1.54, 1.807) is 0 Å². The van der Waals surface area contributed by atoms with Gasteiger partial charge in [0.1, 0.15) is 0 Å². The fourth-order valence-electron chi connectivity index (χ4n) is 2.06. The maximum Gasteiger partial charge on any atom is 0.338 e. The van der Waals surface area contributed by atoms with Crippen molar-refractivity contribution in [3.8, 4) is 5.69 Å². The number of aromatic nitrogens is 1. The Hall–Kier alpha value is -3.09. The van der Waals surface area contributed by atoms with E-state index in [-0.39, 0.29) is 6.42 Å². The Morgan fingerprint density at radius 2 is 1.57 bits per heavy atom. The van der Waals surface area contributed by atoms with Crippen LogP contribution in [0.4, 0.5) is 0 Å². The third-order valence-corrected chi connectivity index (χ3v) is 3.28. The first-order valence-corrected chi connectivity index (χ1v) is 6.94. The standard InChI is InChI=1S/C16H16N2O5/c19-13(17-14(15(20)21)16(22)23)8-5-11-3-6-12(7-4-11)18-9-1-2-10-18/h1-4,6-7,9-10,14H,5,8H2,(H,17,19)(H,20,21)(H,22,23). The van der Waals surface area contributed by atoms with E-state index in [1.165, 1.54) is 0 Å². The summed E-state index contributed by atoms with van der Waals surface area (Å²) in [7, 11) is 0. The van der Waals surface area contributed by atoms with Gasteiger partial charge in [-0.15, -0.1) is 0 Å². The van der Waals surface area contributed by atoms with Crippen molar-refractivity contribution >= 4 is 17.8 Å². The number of aliphatic carboxylic acids is 2. The molecule has 23 heavy (non-hydrogen) atoms. The molecule has 2 aromatic rings. The van der Waals surface area contributed by atoms with Crippen LogP contribution in [0.2, 0.25) is 0 Å². The third-order valence-electron chi connectivity index (χ3n) is 3.28. The van der Waals surface area contributed by atoms with Crippen molar-refractivity contribution in [3.05, 3.63) is 54.4 Å². The zero-order valence-electron chi connectivity index (χ0n) is 12.2. The molecule has 0 spiro atoms. The number of aryl methyl sites for hydroxylation is 1. The van der Waals surface area contributed by atoms with Crippen molar-refractivity contribution in [3.63, 3.8) is 0 Å². The molecule has 0 aliphatic rings. The quantitative estimate of drug-likeness (QED) is 0.662. The zero-order chi connectivity index (χ0) is 16.8. The molecule has 0 radical (unpaired) electrons. The third kappa shape index (κ3) is 4.44. The second-order valence-electron chi connectivity index (χ2n) is 4.93. The lowest BCUT2D eigenvalue weighted by Crippen LogP contribution is -2.46. The first kappa shape index (κ1) is 16.3. The average molecular weight is 316 g/mol. The van der Waals surface area contributed by atoms with Crippen LogP contribution in [0.15, 0.2) is 48.8 Å². The molecular weight excluding hydrogens is 300 g/mol. The first-order valence-electron chi connectivity index (χ1n) is 6.94. The van der Waals surface area contributed by atoms with Gasteiger partial charge in [0, 0.05) is 24.5 Å². The largest absolute Gasteiger partial charge is 0.479 e. The molecule has 0 bridgehead atoms. The monoisotopic (exact) mass is 316 g/mol. The van der Waals surface area contributed by atoms with Crippen molar-refractivity contribution in [2.75, 3.05) is 0 Å². The molecule has 1 amide bonds. The first-order chi connectivity index (χ1) is 11.0. The molecule has 0 atom stereocenters. The molecule has 120 valence electrons. The number of hydrogen-bond donors (Lipinski definition) is 3. The van der Waals surface area contributed by atoms with E-state index in [1.807, 2.05) is 58.7 Å². The number of nitrogens with zero attached hydrogens (tertiary/aromatic N) is 1. The predicted octanol–water partition coefficient (Wildman–Crippen LogP) is 1.06. The topological polar surface area (TPSA) is 109 Å². The Morgan fingerprint density at radius 3 is 2.09 bits per heavy atom.